The van der Waals surface area contributed by atoms with Crippen LogP contribution in [0.15, 0.2) is 30.3 Å². The molecule has 0 aliphatic heterocycles. The molecule has 2 heterocycles. The average Bonchev–Trinajstić information content (AvgIpc) is 3.23. The second-order valence-electron chi connectivity index (χ2n) is 5.61. The molecule has 4 rings (SSSR count). The highest BCUT2D eigenvalue weighted by atomic mass is 35.5. The summed E-state index contributed by atoms with van der Waals surface area (Å²) < 4.78 is 45.8. The molecule has 5 nitrogen and oxygen atoms in total. The summed E-state index contributed by atoms with van der Waals surface area (Å²) in [6, 6.07) is 6.54. The largest absolute Gasteiger partial charge is 0.473 e. The molecule has 1 N–H and O–H groups in total. The first-order valence-electron chi connectivity index (χ1n) is 7.68. The zero-order chi connectivity index (χ0) is 20.1. The Labute approximate surface area is 168 Å². The SMILES string of the molecule is COc1nc2ccc3nc(NC(=O)c4ccc(Cl)c(C(F)(F)F)c4)sc3c2s1. The van der Waals surface area contributed by atoms with Crippen molar-refractivity contribution in [3.05, 3.63) is 46.5 Å². The fourth-order valence-electron chi connectivity index (χ4n) is 2.55. The number of hydrogen-bond acceptors (Lipinski definition) is 6. The molecule has 0 saturated heterocycles. The molecule has 2 aromatic carbocycles. The van der Waals surface area contributed by atoms with E-state index in [1.165, 1.54) is 35.8 Å². The number of benzene rings is 2. The van der Waals surface area contributed by atoms with Crippen molar-refractivity contribution in [1.82, 2.24) is 9.97 Å². The summed E-state index contributed by atoms with van der Waals surface area (Å²) in [6.45, 7) is 0. The molecular formula is C17H9ClF3N3O2S2. The summed E-state index contributed by atoms with van der Waals surface area (Å²) in [6.07, 6.45) is -4.65. The van der Waals surface area contributed by atoms with Crippen molar-refractivity contribution in [1.29, 1.82) is 0 Å². The lowest BCUT2D eigenvalue weighted by Gasteiger charge is -2.10. The van der Waals surface area contributed by atoms with E-state index >= 15 is 0 Å². The quantitative estimate of drug-likeness (QED) is 0.432. The molecule has 1 amide bonds. The molecule has 2 aromatic heterocycles. The third-order valence-electron chi connectivity index (χ3n) is 3.82. The predicted octanol–water partition coefficient (Wildman–Crippen LogP) is 5.84. The molecule has 0 fully saturated rings. The molecule has 0 bridgehead atoms. The van der Waals surface area contributed by atoms with Crippen LogP contribution in [-0.2, 0) is 6.18 Å². The molecule has 4 aromatic rings. The Bertz CT molecular complexity index is 1220. The van der Waals surface area contributed by atoms with Crippen LogP contribution in [-0.4, -0.2) is 23.0 Å². The van der Waals surface area contributed by atoms with Crippen LogP contribution in [0.4, 0.5) is 18.3 Å². The molecule has 144 valence electrons. The van der Waals surface area contributed by atoms with Crippen molar-refractivity contribution >= 4 is 65.7 Å². The average molecular weight is 444 g/mol. The summed E-state index contributed by atoms with van der Waals surface area (Å²) in [5.74, 6) is -0.709. The predicted molar refractivity (Wildman–Crippen MR) is 104 cm³/mol. The Morgan fingerprint density at radius 1 is 1.11 bits per heavy atom. The van der Waals surface area contributed by atoms with E-state index in [-0.39, 0.29) is 10.7 Å². The van der Waals surface area contributed by atoms with Gasteiger partial charge in [-0.3, -0.25) is 10.1 Å². The van der Waals surface area contributed by atoms with E-state index in [4.69, 9.17) is 16.3 Å². The van der Waals surface area contributed by atoms with Crippen molar-refractivity contribution in [2.24, 2.45) is 0 Å². The Morgan fingerprint density at radius 2 is 1.79 bits per heavy atom. The number of methoxy groups -OCH3 is 1. The van der Waals surface area contributed by atoms with Gasteiger partial charge in [-0.1, -0.05) is 34.3 Å². The number of thiazole rings is 2. The number of alkyl halides is 3. The number of amides is 1. The molecule has 11 heteroatoms. The zero-order valence-corrected chi connectivity index (χ0v) is 16.3. The van der Waals surface area contributed by atoms with Gasteiger partial charge in [-0.25, -0.2) is 9.97 Å². The van der Waals surface area contributed by atoms with Crippen molar-refractivity contribution < 1.29 is 22.7 Å². The van der Waals surface area contributed by atoms with Crippen LogP contribution in [0.3, 0.4) is 0 Å². The van der Waals surface area contributed by atoms with Gasteiger partial charge in [0.1, 0.15) is 0 Å². The molecular weight excluding hydrogens is 435 g/mol. The van der Waals surface area contributed by atoms with Crippen LogP contribution in [0.25, 0.3) is 20.4 Å². The van der Waals surface area contributed by atoms with Crippen molar-refractivity contribution in [2.45, 2.75) is 6.18 Å². The normalized spacial score (nSPS) is 11.9. The Kier molecular flexibility index (Phi) is 4.64. The van der Waals surface area contributed by atoms with Gasteiger partial charge in [0, 0.05) is 5.56 Å². The molecule has 0 spiro atoms. The van der Waals surface area contributed by atoms with Crippen molar-refractivity contribution in [3.63, 3.8) is 0 Å². The number of nitrogens with one attached hydrogen (secondary N) is 1. The van der Waals surface area contributed by atoms with Crippen LogP contribution < -0.4 is 10.1 Å². The lowest BCUT2D eigenvalue weighted by molar-refractivity contribution is -0.137. The van der Waals surface area contributed by atoms with E-state index in [0.29, 0.717) is 10.7 Å². The van der Waals surface area contributed by atoms with Gasteiger partial charge in [0.25, 0.3) is 11.1 Å². The molecule has 0 aliphatic carbocycles. The van der Waals surface area contributed by atoms with Gasteiger partial charge in [-0.2, -0.15) is 13.2 Å². The van der Waals surface area contributed by atoms with Crippen LogP contribution in [0.1, 0.15) is 15.9 Å². The maximum atomic E-state index is 13.0. The topological polar surface area (TPSA) is 64.1 Å². The molecule has 0 atom stereocenters. The summed E-state index contributed by atoms with van der Waals surface area (Å²) in [5.41, 5.74) is 0.153. The minimum atomic E-state index is -4.65. The maximum Gasteiger partial charge on any atom is 0.417 e. The smallest absolute Gasteiger partial charge is 0.417 e. The lowest BCUT2D eigenvalue weighted by atomic mass is 10.1. The standard InChI is InChI=1S/C17H9ClF3N3O2S2/c1-26-16-23-11-5-4-10-12(13(11)28-16)27-15(22-10)24-14(25)7-2-3-9(18)8(6-7)17(19,20)21/h2-6H,1H3,(H,22,24,25). The minimum absolute atomic E-state index is 0.166. The van der Waals surface area contributed by atoms with E-state index < -0.39 is 22.7 Å². The second kappa shape index (κ2) is 6.87. The zero-order valence-electron chi connectivity index (χ0n) is 13.9. The van der Waals surface area contributed by atoms with Gasteiger partial charge in [-0.05, 0) is 30.3 Å². The summed E-state index contributed by atoms with van der Waals surface area (Å²) in [4.78, 5) is 21.0. The van der Waals surface area contributed by atoms with Crippen molar-refractivity contribution in [3.8, 4) is 5.19 Å². The number of halogens is 4. The van der Waals surface area contributed by atoms with E-state index in [1.54, 1.807) is 12.1 Å². The van der Waals surface area contributed by atoms with Crippen LogP contribution in [0.5, 0.6) is 5.19 Å². The van der Waals surface area contributed by atoms with Gasteiger partial charge in [-0.15, -0.1) is 0 Å². The summed E-state index contributed by atoms with van der Waals surface area (Å²) >= 11 is 8.15. The Hall–Kier alpha value is -2.43. The third-order valence-corrected chi connectivity index (χ3v) is 6.33. The molecule has 0 saturated carbocycles. The summed E-state index contributed by atoms with van der Waals surface area (Å²) in [5, 5.41) is 2.84. The number of carbonyl (C=O) groups excluding carboxylic acids is 1. The van der Waals surface area contributed by atoms with Crippen LogP contribution in [0.2, 0.25) is 5.02 Å². The number of ether oxygens (including phenoxy) is 1. The number of nitrogens with zero attached hydrogens (tertiary/aromatic N) is 2. The third kappa shape index (κ3) is 3.38. The van der Waals surface area contributed by atoms with E-state index in [9.17, 15) is 18.0 Å². The van der Waals surface area contributed by atoms with Gasteiger partial charge < -0.3 is 4.74 Å². The molecule has 0 unspecified atom stereocenters. The second-order valence-corrected chi connectivity index (χ2v) is 7.98. The fourth-order valence-corrected chi connectivity index (χ4v) is 4.74. The molecule has 0 radical (unpaired) electrons. The first kappa shape index (κ1) is 18.9. The number of carbonyl (C=O) groups is 1. The van der Waals surface area contributed by atoms with Crippen molar-refractivity contribution in [2.75, 3.05) is 12.4 Å². The molecule has 0 aliphatic rings. The van der Waals surface area contributed by atoms with E-state index in [2.05, 4.69) is 15.3 Å². The van der Waals surface area contributed by atoms with Gasteiger partial charge in [0.15, 0.2) is 5.13 Å². The van der Waals surface area contributed by atoms with Crippen LogP contribution in [0, 0.1) is 0 Å². The van der Waals surface area contributed by atoms with Gasteiger partial charge in [0.05, 0.1) is 38.1 Å². The highest BCUT2D eigenvalue weighted by Gasteiger charge is 2.33. The first-order chi connectivity index (χ1) is 13.3. The maximum absolute atomic E-state index is 13.0. The lowest BCUT2D eigenvalue weighted by Crippen LogP contribution is -2.14. The van der Waals surface area contributed by atoms with E-state index in [0.717, 1.165) is 27.0 Å². The first-order valence-corrected chi connectivity index (χ1v) is 9.69. The number of anilines is 1. The molecule has 28 heavy (non-hydrogen) atoms. The highest BCUT2D eigenvalue weighted by Crippen LogP contribution is 2.38. The Morgan fingerprint density at radius 3 is 2.46 bits per heavy atom. The van der Waals surface area contributed by atoms with Crippen LogP contribution >= 0.6 is 34.3 Å². The highest BCUT2D eigenvalue weighted by molar-refractivity contribution is 7.29. The number of hydrogen-bond donors (Lipinski definition) is 1. The number of fused-ring (bicyclic) bond motifs is 3. The Balaban J connectivity index is 1.67. The number of aromatic nitrogens is 2. The minimum Gasteiger partial charge on any atom is -0.473 e. The number of rotatable bonds is 3. The summed E-state index contributed by atoms with van der Waals surface area (Å²) in [7, 11) is 1.52. The van der Waals surface area contributed by atoms with Gasteiger partial charge >= 0.3 is 6.18 Å². The van der Waals surface area contributed by atoms with Gasteiger partial charge in [0.2, 0.25) is 0 Å². The fraction of sp³-hybridized carbons (Fsp3) is 0.118. The van der Waals surface area contributed by atoms with E-state index in [1.807, 2.05) is 0 Å². The monoisotopic (exact) mass is 443 g/mol.